The van der Waals surface area contributed by atoms with Gasteiger partial charge in [0.1, 0.15) is 5.76 Å². The third-order valence-electron chi connectivity index (χ3n) is 4.00. The Bertz CT molecular complexity index is 391. The number of nitrogens with one attached hydrogen (secondary N) is 1. The van der Waals surface area contributed by atoms with Crippen LogP contribution in [0, 0.1) is 0 Å². The van der Waals surface area contributed by atoms with Crippen molar-refractivity contribution in [3.05, 3.63) is 23.7 Å². The van der Waals surface area contributed by atoms with Crippen molar-refractivity contribution in [3.8, 4) is 0 Å². The Morgan fingerprint density at radius 1 is 1.53 bits per heavy atom. The summed E-state index contributed by atoms with van der Waals surface area (Å²) in [7, 11) is 1.82. The topological polar surface area (TPSA) is 37.6 Å². The Morgan fingerprint density at radius 2 is 2.37 bits per heavy atom. The van der Waals surface area contributed by atoms with Crippen LogP contribution in [0.25, 0.3) is 0 Å². The molecule has 0 aromatic carbocycles. The predicted molar refractivity (Wildman–Crippen MR) is 76.0 cm³/mol. The van der Waals surface area contributed by atoms with Gasteiger partial charge in [0.15, 0.2) is 0 Å². The molecule has 1 N–H and O–H groups in total. The Kier molecular flexibility index (Phi) is 5.02. The first kappa shape index (κ1) is 14.6. The zero-order valence-corrected chi connectivity index (χ0v) is 12.4. The van der Waals surface area contributed by atoms with Gasteiger partial charge >= 0.3 is 0 Å². The van der Waals surface area contributed by atoms with Gasteiger partial charge in [-0.05, 0) is 38.9 Å². The van der Waals surface area contributed by atoms with Gasteiger partial charge in [0.25, 0.3) is 0 Å². The first-order valence-electron chi connectivity index (χ1n) is 7.20. The fraction of sp³-hybridized carbons (Fsp3) is 0.733. The fourth-order valence-corrected chi connectivity index (χ4v) is 2.75. The minimum absolute atomic E-state index is 0.00379. The molecule has 0 saturated carbocycles. The number of hydrogen-bond acceptors (Lipinski definition) is 4. The van der Waals surface area contributed by atoms with E-state index in [1.165, 1.54) is 12.0 Å². The molecule has 0 spiro atoms. The second-order valence-electron chi connectivity index (χ2n) is 5.62. The highest BCUT2D eigenvalue weighted by atomic mass is 16.5. The molecule has 1 aliphatic heterocycles. The number of likely N-dealkylation sites (tertiary alicyclic amines) is 1. The molecule has 0 radical (unpaired) electrons. The minimum atomic E-state index is 0.00379. The molecule has 0 aliphatic carbocycles. The molecular weight excluding hydrogens is 240 g/mol. The van der Waals surface area contributed by atoms with E-state index in [-0.39, 0.29) is 5.60 Å². The van der Waals surface area contributed by atoms with Crippen molar-refractivity contribution in [3.63, 3.8) is 0 Å². The molecule has 0 amide bonds. The number of methoxy groups -OCH3 is 1. The first-order chi connectivity index (χ1) is 9.17. The van der Waals surface area contributed by atoms with E-state index in [9.17, 15) is 0 Å². The zero-order chi connectivity index (χ0) is 13.7. The highest BCUT2D eigenvalue weighted by molar-refractivity contribution is 5.17. The van der Waals surface area contributed by atoms with E-state index >= 15 is 0 Å². The molecule has 1 fully saturated rings. The van der Waals surface area contributed by atoms with Gasteiger partial charge in [-0.15, -0.1) is 0 Å². The van der Waals surface area contributed by atoms with Crippen LogP contribution in [-0.4, -0.2) is 37.2 Å². The number of rotatable bonds is 6. The van der Waals surface area contributed by atoms with Crippen LogP contribution in [0.1, 0.15) is 38.0 Å². The van der Waals surface area contributed by atoms with E-state index < -0.39 is 0 Å². The molecule has 2 heterocycles. The van der Waals surface area contributed by atoms with E-state index in [0.717, 1.165) is 44.9 Å². The maximum atomic E-state index is 5.65. The average molecular weight is 266 g/mol. The van der Waals surface area contributed by atoms with Crippen molar-refractivity contribution in [2.45, 2.75) is 45.4 Å². The molecule has 1 saturated heterocycles. The SMILES string of the molecule is CCNCc1occc1CN1CCCC(C)(OC)C1. The van der Waals surface area contributed by atoms with E-state index in [1.807, 2.05) is 7.11 Å². The number of piperidine rings is 1. The summed E-state index contributed by atoms with van der Waals surface area (Å²) in [4.78, 5) is 2.47. The molecule has 0 bridgehead atoms. The molecule has 1 atom stereocenters. The summed E-state index contributed by atoms with van der Waals surface area (Å²) < 4.78 is 11.2. The van der Waals surface area contributed by atoms with Crippen molar-refractivity contribution >= 4 is 0 Å². The third-order valence-corrected chi connectivity index (χ3v) is 4.00. The molecule has 1 aromatic heterocycles. The molecule has 4 heteroatoms. The molecule has 1 aliphatic rings. The lowest BCUT2D eigenvalue weighted by Gasteiger charge is -2.39. The van der Waals surface area contributed by atoms with Crippen molar-refractivity contribution in [1.29, 1.82) is 0 Å². The van der Waals surface area contributed by atoms with Gasteiger partial charge in [-0.1, -0.05) is 6.92 Å². The monoisotopic (exact) mass is 266 g/mol. The Balaban J connectivity index is 1.95. The standard InChI is InChI=1S/C15H26N2O2/c1-4-16-10-14-13(6-9-19-14)11-17-8-5-7-15(2,12-17)18-3/h6,9,16H,4-5,7-8,10-12H2,1-3H3. The van der Waals surface area contributed by atoms with Crippen LogP contribution in [-0.2, 0) is 17.8 Å². The van der Waals surface area contributed by atoms with Crippen LogP contribution >= 0.6 is 0 Å². The van der Waals surface area contributed by atoms with Gasteiger partial charge in [-0.2, -0.15) is 0 Å². The van der Waals surface area contributed by atoms with Crippen LogP contribution in [0.3, 0.4) is 0 Å². The fourth-order valence-electron chi connectivity index (χ4n) is 2.75. The molecule has 2 rings (SSSR count). The molecule has 19 heavy (non-hydrogen) atoms. The molecule has 4 nitrogen and oxygen atoms in total. The summed E-state index contributed by atoms with van der Waals surface area (Å²) in [5, 5.41) is 3.32. The zero-order valence-electron chi connectivity index (χ0n) is 12.4. The van der Waals surface area contributed by atoms with Gasteiger partial charge in [0, 0.05) is 25.8 Å². The van der Waals surface area contributed by atoms with E-state index in [2.05, 4.69) is 30.1 Å². The normalized spacial score (nSPS) is 24.8. The quantitative estimate of drug-likeness (QED) is 0.858. The second-order valence-corrected chi connectivity index (χ2v) is 5.62. The van der Waals surface area contributed by atoms with Crippen LogP contribution in [0.2, 0.25) is 0 Å². The summed E-state index contributed by atoms with van der Waals surface area (Å²) >= 11 is 0. The number of hydrogen-bond donors (Lipinski definition) is 1. The van der Waals surface area contributed by atoms with Crippen molar-refractivity contribution in [1.82, 2.24) is 10.2 Å². The lowest BCUT2D eigenvalue weighted by Crippen LogP contribution is -2.46. The maximum Gasteiger partial charge on any atom is 0.122 e. The largest absolute Gasteiger partial charge is 0.468 e. The Labute approximate surface area is 116 Å². The van der Waals surface area contributed by atoms with Crippen molar-refractivity contribution < 1.29 is 9.15 Å². The first-order valence-corrected chi connectivity index (χ1v) is 7.20. The van der Waals surface area contributed by atoms with Gasteiger partial charge in [0.05, 0.1) is 18.4 Å². The number of ether oxygens (including phenoxy) is 1. The number of furan rings is 1. The summed E-state index contributed by atoms with van der Waals surface area (Å²) in [6.45, 7) is 9.18. The number of nitrogens with zero attached hydrogens (tertiary/aromatic N) is 1. The highest BCUT2D eigenvalue weighted by Gasteiger charge is 2.30. The van der Waals surface area contributed by atoms with Crippen LogP contribution in [0.5, 0.6) is 0 Å². The summed E-state index contributed by atoms with van der Waals surface area (Å²) in [5.74, 6) is 1.06. The second kappa shape index (κ2) is 6.55. The van der Waals surface area contributed by atoms with Crippen LogP contribution in [0.4, 0.5) is 0 Å². The maximum absolute atomic E-state index is 5.65. The average Bonchev–Trinajstić information content (AvgIpc) is 2.84. The van der Waals surface area contributed by atoms with Gasteiger partial charge in [-0.25, -0.2) is 0 Å². The van der Waals surface area contributed by atoms with Gasteiger partial charge < -0.3 is 14.5 Å². The Morgan fingerprint density at radius 3 is 3.11 bits per heavy atom. The summed E-state index contributed by atoms with van der Waals surface area (Å²) in [6, 6.07) is 2.09. The molecule has 1 aromatic rings. The highest BCUT2D eigenvalue weighted by Crippen LogP contribution is 2.25. The summed E-state index contributed by atoms with van der Waals surface area (Å²) in [6.07, 6.45) is 4.14. The smallest absolute Gasteiger partial charge is 0.122 e. The predicted octanol–water partition coefficient (Wildman–Crippen LogP) is 2.39. The minimum Gasteiger partial charge on any atom is -0.468 e. The van der Waals surface area contributed by atoms with Gasteiger partial charge in [0.2, 0.25) is 0 Å². The van der Waals surface area contributed by atoms with E-state index in [4.69, 9.17) is 9.15 Å². The van der Waals surface area contributed by atoms with Crippen LogP contribution < -0.4 is 5.32 Å². The molecule has 108 valence electrons. The van der Waals surface area contributed by atoms with E-state index in [0.29, 0.717) is 0 Å². The van der Waals surface area contributed by atoms with Crippen LogP contribution in [0.15, 0.2) is 16.7 Å². The third kappa shape index (κ3) is 3.81. The lowest BCUT2D eigenvalue weighted by atomic mass is 9.94. The lowest BCUT2D eigenvalue weighted by molar-refractivity contribution is -0.0528. The summed E-state index contributed by atoms with van der Waals surface area (Å²) in [5.41, 5.74) is 1.30. The molecule has 1 unspecified atom stereocenters. The molecular formula is C15H26N2O2. The van der Waals surface area contributed by atoms with Gasteiger partial charge in [-0.3, -0.25) is 4.90 Å². The van der Waals surface area contributed by atoms with E-state index in [1.54, 1.807) is 6.26 Å². The van der Waals surface area contributed by atoms with Crippen molar-refractivity contribution in [2.24, 2.45) is 0 Å². The Hall–Kier alpha value is -0.840. The van der Waals surface area contributed by atoms with Crippen molar-refractivity contribution in [2.75, 3.05) is 26.7 Å².